The molecule has 2 fully saturated rings. The van der Waals surface area contributed by atoms with Crippen LogP contribution in [0.3, 0.4) is 0 Å². The van der Waals surface area contributed by atoms with Gasteiger partial charge in [0, 0.05) is 74.3 Å². The zero-order valence-corrected chi connectivity index (χ0v) is 37.9. The maximum atomic E-state index is 15.4. The van der Waals surface area contributed by atoms with Gasteiger partial charge < -0.3 is 55.9 Å². The molecule has 0 bridgehead atoms. The number of piperazine rings is 1. The highest BCUT2D eigenvalue weighted by atomic mass is 32.2. The number of carboxylic acids is 1. The Morgan fingerprint density at radius 2 is 1.75 bits per heavy atom. The zero-order valence-electron chi connectivity index (χ0n) is 37.1. The number of aryl methyl sites for hydroxylation is 1. The highest BCUT2D eigenvalue weighted by Gasteiger charge is 2.52. The first-order valence-electron chi connectivity index (χ1n) is 22.0. The molecule has 67 heavy (non-hydrogen) atoms. The highest BCUT2D eigenvalue weighted by Crippen LogP contribution is 2.42. The number of carbonyl (C=O) groups is 7. The van der Waals surface area contributed by atoms with Crippen molar-refractivity contribution in [1.82, 2.24) is 25.4 Å². The number of anilines is 2. The predicted octanol–water partition coefficient (Wildman–Crippen LogP) is 3.84. The van der Waals surface area contributed by atoms with E-state index in [0.717, 1.165) is 6.07 Å². The second-order valence-corrected chi connectivity index (χ2v) is 17.4. The molecule has 0 spiro atoms. The molecule has 1 saturated heterocycles. The van der Waals surface area contributed by atoms with Crippen molar-refractivity contribution in [2.75, 3.05) is 55.3 Å². The molecule has 1 saturated carbocycles. The first kappa shape index (κ1) is 49.5. The number of nitrogens with two attached hydrogens (primary N) is 1. The van der Waals surface area contributed by atoms with Crippen LogP contribution in [0.4, 0.5) is 25.4 Å². The third-order valence-corrected chi connectivity index (χ3v) is 13.1. The molecule has 2 aliphatic heterocycles. The number of rotatable bonds is 20. The van der Waals surface area contributed by atoms with Crippen LogP contribution in [0.15, 0.2) is 71.5 Å². The molecule has 0 radical (unpaired) electrons. The SMILES string of the molecule is C=CCOC(=O)C[C@@H](NC(=O)C1(C(=O)N[C@@H](CCCNC(N)=O)C(=O)Nc2ccc(COC(=O)N3CCN(c4cc5c(cc4F)c(=O)c(C(=O)O)cn5CC)CC3)cc2)CCC1)C1C=CSC1. The van der Waals surface area contributed by atoms with Crippen LogP contribution in [0, 0.1) is 17.2 Å². The molecule has 3 aliphatic rings. The molecule has 6 rings (SSSR count). The Bertz CT molecular complexity index is 2470. The number of halogens is 1. The number of nitrogens with one attached hydrogen (secondary N) is 4. The molecule has 6 amide bonds. The van der Waals surface area contributed by atoms with Gasteiger partial charge in [-0.3, -0.25) is 24.0 Å². The Kier molecular flexibility index (Phi) is 16.7. The van der Waals surface area contributed by atoms with Crippen molar-refractivity contribution in [3.8, 4) is 0 Å². The number of benzene rings is 2. The lowest BCUT2D eigenvalue weighted by molar-refractivity contribution is -0.151. The van der Waals surface area contributed by atoms with E-state index in [4.69, 9.17) is 15.2 Å². The summed E-state index contributed by atoms with van der Waals surface area (Å²) < 4.78 is 27.7. The number of ether oxygens (including phenoxy) is 2. The zero-order chi connectivity index (χ0) is 48.3. The highest BCUT2D eigenvalue weighted by molar-refractivity contribution is 8.02. The summed E-state index contributed by atoms with van der Waals surface area (Å²) in [5, 5.41) is 22.3. The number of carbonyl (C=O) groups excluding carboxylic acids is 6. The van der Waals surface area contributed by atoms with Crippen LogP contribution in [0.5, 0.6) is 0 Å². The molecule has 1 aliphatic carbocycles. The molecule has 358 valence electrons. The fourth-order valence-electron chi connectivity index (χ4n) is 8.14. The Morgan fingerprint density at radius 1 is 1.03 bits per heavy atom. The molecule has 3 heterocycles. The van der Waals surface area contributed by atoms with Gasteiger partial charge in [0.2, 0.25) is 23.2 Å². The quantitative estimate of drug-likeness (QED) is 0.0408. The number of aromatic carboxylic acids is 1. The van der Waals surface area contributed by atoms with Crippen LogP contribution in [0.25, 0.3) is 10.9 Å². The van der Waals surface area contributed by atoms with Gasteiger partial charge in [-0.15, -0.1) is 11.8 Å². The summed E-state index contributed by atoms with van der Waals surface area (Å²) >= 11 is 1.54. The predicted molar refractivity (Wildman–Crippen MR) is 248 cm³/mol. The van der Waals surface area contributed by atoms with Crippen LogP contribution in [0.1, 0.15) is 61.4 Å². The summed E-state index contributed by atoms with van der Waals surface area (Å²) in [5.74, 6) is -3.88. The number of amides is 6. The largest absolute Gasteiger partial charge is 0.477 e. The van der Waals surface area contributed by atoms with E-state index in [-0.39, 0.29) is 95.0 Å². The number of hydrogen-bond donors (Lipinski definition) is 6. The molecule has 2 aromatic carbocycles. The van der Waals surface area contributed by atoms with E-state index in [2.05, 4.69) is 27.8 Å². The fraction of sp³-hybridized carbons (Fsp3) is 0.435. The Morgan fingerprint density at radius 3 is 2.36 bits per heavy atom. The third kappa shape index (κ3) is 12.1. The number of urea groups is 1. The van der Waals surface area contributed by atoms with Crippen LogP contribution in [-0.4, -0.2) is 114 Å². The lowest BCUT2D eigenvalue weighted by Crippen LogP contribution is -2.60. The Labute approximate surface area is 389 Å². The lowest BCUT2D eigenvalue weighted by atomic mass is 9.67. The van der Waals surface area contributed by atoms with Gasteiger partial charge in [-0.2, -0.15) is 0 Å². The average molecular weight is 947 g/mol. The summed E-state index contributed by atoms with van der Waals surface area (Å²) in [7, 11) is 0. The minimum absolute atomic E-state index is 0.0231. The van der Waals surface area contributed by atoms with Crippen molar-refractivity contribution in [3.63, 3.8) is 0 Å². The summed E-state index contributed by atoms with van der Waals surface area (Å²) in [5.41, 5.74) is 4.12. The van der Waals surface area contributed by atoms with Gasteiger partial charge in [-0.25, -0.2) is 18.8 Å². The van der Waals surface area contributed by atoms with Crippen LogP contribution in [-0.2, 0) is 41.8 Å². The van der Waals surface area contributed by atoms with E-state index in [0.29, 0.717) is 35.5 Å². The number of esters is 1. The van der Waals surface area contributed by atoms with Gasteiger partial charge in [0.15, 0.2) is 0 Å². The smallest absolute Gasteiger partial charge is 0.410 e. The van der Waals surface area contributed by atoms with Gasteiger partial charge in [-0.05, 0) is 67.8 Å². The van der Waals surface area contributed by atoms with Crippen molar-refractivity contribution >= 4 is 75.8 Å². The standard InChI is InChI=1S/C46H55FN8O11S/c1-3-20-65-38(56)23-35(29-12-21-67-27-29)52-43(62)46(13-6-14-46)42(61)51-34(7-5-15-49-44(48)63)40(58)50-30-10-8-28(9-11-30)26-66-45(64)55-18-16-54(17-19-55)37-24-36-31(22-33(37)47)39(57)32(41(59)60)25-53(36)4-2/h3,8-12,21-22,24-25,29,34-35H,1,4-7,13-20,23,26-27H2,2H3,(H,50,58)(H,51,61)(H,52,62)(H,59,60)(H3,48,49,63)/t29?,34-,35+/m0/s1. The summed E-state index contributed by atoms with van der Waals surface area (Å²) in [6, 6.07) is 6.59. The molecule has 21 heteroatoms. The van der Waals surface area contributed by atoms with Crippen molar-refractivity contribution in [1.29, 1.82) is 0 Å². The molecule has 1 unspecified atom stereocenters. The van der Waals surface area contributed by atoms with Crippen LogP contribution >= 0.6 is 11.8 Å². The van der Waals surface area contributed by atoms with E-state index in [1.807, 2.05) is 11.5 Å². The number of carboxylic acid groups (broad SMARTS) is 1. The van der Waals surface area contributed by atoms with Gasteiger partial charge >= 0.3 is 24.1 Å². The molecule has 3 atom stereocenters. The third-order valence-electron chi connectivity index (χ3n) is 12.1. The molecular formula is C46H55FN8O11S. The second kappa shape index (κ2) is 22.5. The average Bonchev–Trinajstić information content (AvgIpc) is 3.84. The van der Waals surface area contributed by atoms with E-state index < -0.39 is 76.1 Å². The number of fused-ring (bicyclic) bond motifs is 1. The van der Waals surface area contributed by atoms with E-state index in [1.54, 1.807) is 52.4 Å². The first-order valence-corrected chi connectivity index (χ1v) is 23.1. The topological polar surface area (TPSA) is 261 Å². The van der Waals surface area contributed by atoms with Crippen molar-refractivity contribution in [2.24, 2.45) is 17.1 Å². The summed E-state index contributed by atoms with van der Waals surface area (Å²) in [4.78, 5) is 106. The molecular weight excluding hydrogens is 892 g/mol. The monoisotopic (exact) mass is 946 g/mol. The fourth-order valence-corrected chi connectivity index (χ4v) is 9.13. The van der Waals surface area contributed by atoms with Crippen LogP contribution in [0.2, 0.25) is 0 Å². The number of hydrogen-bond acceptors (Lipinski definition) is 12. The van der Waals surface area contributed by atoms with Crippen molar-refractivity contribution < 1.29 is 52.5 Å². The van der Waals surface area contributed by atoms with Gasteiger partial charge in [0.05, 0.1) is 17.6 Å². The number of thioether (sulfide) groups is 1. The van der Waals surface area contributed by atoms with Crippen molar-refractivity contribution in [2.45, 2.75) is 70.7 Å². The Hall–Kier alpha value is -6.90. The molecule has 1 aromatic heterocycles. The summed E-state index contributed by atoms with van der Waals surface area (Å²) in [6.07, 6.45) is 5.34. The van der Waals surface area contributed by atoms with Crippen LogP contribution < -0.4 is 37.3 Å². The van der Waals surface area contributed by atoms with E-state index in [9.17, 15) is 43.5 Å². The lowest BCUT2D eigenvalue weighted by Gasteiger charge is -2.40. The molecule has 19 nitrogen and oxygen atoms in total. The Balaban J connectivity index is 1.03. The van der Waals surface area contributed by atoms with Gasteiger partial charge in [0.25, 0.3) is 0 Å². The second-order valence-electron chi connectivity index (χ2n) is 16.5. The van der Waals surface area contributed by atoms with E-state index >= 15 is 4.39 Å². The van der Waals surface area contributed by atoms with Gasteiger partial charge in [0.1, 0.15) is 36.1 Å². The van der Waals surface area contributed by atoms with Gasteiger partial charge in [-0.1, -0.05) is 37.3 Å². The maximum absolute atomic E-state index is 15.4. The maximum Gasteiger partial charge on any atom is 0.410 e. The molecule has 3 aromatic rings. The van der Waals surface area contributed by atoms with Crippen molar-refractivity contribution in [3.05, 3.63) is 93.9 Å². The minimum Gasteiger partial charge on any atom is -0.477 e. The number of primary amides is 1. The van der Waals surface area contributed by atoms with E-state index in [1.165, 1.54) is 23.2 Å². The minimum atomic E-state index is -1.47. The normalized spacial score (nSPS) is 17.1. The first-order chi connectivity index (χ1) is 32.1. The summed E-state index contributed by atoms with van der Waals surface area (Å²) in [6.45, 7) is 6.70. The number of aromatic nitrogens is 1. The molecule has 7 N–H and O–H groups in total. The number of pyridine rings is 1. The number of nitrogens with zero attached hydrogens (tertiary/aromatic N) is 3.